The summed E-state index contributed by atoms with van der Waals surface area (Å²) < 4.78 is 5.27. The van der Waals surface area contributed by atoms with Crippen molar-refractivity contribution in [2.75, 3.05) is 13.7 Å². The number of rotatable bonds is 9. The van der Waals surface area contributed by atoms with Crippen molar-refractivity contribution in [2.24, 2.45) is 17.3 Å². The Kier molecular flexibility index (Phi) is 7.26. The first kappa shape index (κ1) is 20.0. The van der Waals surface area contributed by atoms with Crippen LogP contribution in [0.25, 0.3) is 0 Å². The molecule has 0 heterocycles. The van der Waals surface area contributed by atoms with Crippen LogP contribution in [0.15, 0.2) is 24.3 Å². The molecule has 1 aromatic rings. The highest BCUT2D eigenvalue weighted by Crippen LogP contribution is 2.26. The zero-order valence-corrected chi connectivity index (χ0v) is 15.3. The summed E-state index contributed by atoms with van der Waals surface area (Å²) >= 11 is 0. The van der Waals surface area contributed by atoms with E-state index in [1.54, 1.807) is 13.2 Å². The second-order valence-electron chi connectivity index (χ2n) is 7.24. The number of carbonyl (C=O) groups is 2. The van der Waals surface area contributed by atoms with E-state index in [9.17, 15) is 14.7 Å². The molecule has 5 nitrogen and oxygen atoms in total. The number of nitrogens with one attached hydrogen (secondary N) is 1. The number of aliphatic carboxylic acids is 1. The average molecular weight is 335 g/mol. The van der Waals surface area contributed by atoms with Gasteiger partial charge in [0.25, 0.3) is 0 Å². The van der Waals surface area contributed by atoms with Crippen molar-refractivity contribution in [3.63, 3.8) is 0 Å². The van der Waals surface area contributed by atoms with Crippen LogP contribution < -0.4 is 10.1 Å². The highest BCUT2D eigenvalue weighted by molar-refractivity contribution is 5.82. The normalized spacial score (nSPS) is 12.8. The molecule has 0 spiro atoms. The molecule has 134 valence electrons. The van der Waals surface area contributed by atoms with Gasteiger partial charge in [0.1, 0.15) is 5.75 Å². The van der Waals surface area contributed by atoms with Crippen LogP contribution in [0.3, 0.4) is 0 Å². The third kappa shape index (κ3) is 5.87. The van der Waals surface area contributed by atoms with Gasteiger partial charge < -0.3 is 15.2 Å². The smallest absolute Gasteiger partial charge is 0.308 e. The lowest BCUT2D eigenvalue weighted by Gasteiger charge is -2.26. The van der Waals surface area contributed by atoms with E-state index >= 15 is 0 Å². The molecule has 0 bridgehead atoms. The molecule has 0 radical (unpaired) electrons. The fraction of sp³-hybridized carbons (Fsp3) is 0.579. The highest BCUT2D eigenvalue weighted by atomic mass is 16.5. The molecule has 1 rings (SSSR count). The summed E-state index contributed by atoms with van der Waals surface area (Å²) in [6, 6.07) is 7.34. The largest absolute Gasteiger partial charge is 0.496 e. The van der Waals surface area contributed by atoms with Gasteiger partial charge in [0.05, 0.1) is 13.0 Å². The van der Waals surface area contributed by atoms with Crippen LogP contribution in [0.2, 0.25) is 0 Å². The van der Waals surface area contributed by atoms with E-state index in [2.05, 4.69) is 19.2 Å². The molecule has 1 amide bonds. The molecule has 1 unspecified atom stereocenters. The van der Waals surface area contributed by atoms with Gasteiger partial charge in [-0.3, -0.25) is 9.59 Å². The Labute approximate surface area is 144 Å². The first-order valence-electron chi connectivity index (χ1n) is 8.30. The molecule has 0 fully saturated rings. The molecule has 24 heavy (non-hydrogen) atoms. The zero-order chi connectivity index (χ0) is 18.3. The van der Waals surface area contributed by atoms with Crippen LogP contribution in [0, 0.1) is 17.3 Å². The molecule has 0 saturated carbocycles. The maximum atomic E-state index is 12.4. The number of benzene rings is 1. The Bertz CT molecular complexity index is 566. The lowest BCUT2D eigenvalue weighted by molar-refractivity contribution is -0.142. The molecule has 0 aromatic heterocycles. The molecular formula is C19H29NO4. The summed E-state index contributed by atoms with van der Waals surface area (Å²) in [6.07, 6.45) is 1.06. The van der Waals surface area contributed by atoms with E-state index in [-0.39, 0.29) is 12.5 Å². The summed E-state index contributed by atoms with van der Waals surface area (Å²) in [5.74, 6) is -0.671. The van der Waals surface area contributed by atoms with E-state index in [4.69, 9.17) is 4.74 Å². The summed E-state index contributed by atoms with van der Waals surface area (Å²) in [4.78, 5) is 23.9. The van der Waals surface area contributed by atoms with Gasteiger partial charge in [-0.1, -0.05) is 45.9 Å². The molecule has 1 aromatic carbocycles. The van der Waals surface area contributed by atoms with E-state index in [0.29, 0.717) is 18.1 Å². The van der Waals surface area contributed by atoms with Crippen LogP contribution in [0.4, 0.5) is 0 Å². The van der Waals surface area contributed by atoms with Crippen LogP contribution in [-0.2, 0) is 16.0 Å². The molecule has 0 saturated heterocycles. The Morgan fingerprint density at radius 2 is 1.88 bits per heavy atom. The Hall–Kier alpha value is -2.04. The molecule has 0 aliphatic rings. The number of amides is 1. The van der Waals surface area contributed by atoms with Gasteiger partial charge >= 0.3 is 5.97 Å². The topological polar surface area (TPSA) is 75.6 Å². The maximum Gasteiger partial charge on any atom is 0.308 e. The van der Waals surface area contributed by atoms with Gasteiger partial charge in [-0.05, 0) is 30.4 Å². The standard InChI is InChI=1S/C19H29NO4/c1-13(2)11-19(3,4)18(23)20-12-15(17(21)22)10-14-8-6-7-9-16(14)24-5/h6-9,13,15H,10-12H2,1-5H3,(H,20,23)(H,21,22). The number of para-hydroxylation sites is 1. The average Bonchev–Trinajstić information content (AvgIpc) is 2.49. The first-order valence-corrected chi connectivity index (χ1v) is 8.30. The molecular weight excluding hydrogens is 306 g/mol. The van der Waals surface area contributed by atoms with Crippen molar-refractivity contribution in [1.82, 2.24) is 5.32 Å². The highest BCUT2D eigenvalue weighted by Gasteiger charge is 2.30. The van der Waals surface area contributed by atoms with Crippen molar-refractivity contribution in [3.05, 3.63) is 29.8 Å². The number of carbonyl (C=O) groups excluding carboxylic acids is 1. The predicted octanol–water partition coefficient (Wildman–Crippen LogP) is 3.13. The van der Waals surface area contributed by atoms with Gasteiger partial charge in [0.2, 0.25) is 5.91 Å². The fourth-order valence-corrected chi connectivity index (χ4v) is 2.95. The first-order chi connectivity index (χ1) is 11.2. The van der Waals surface area contributed by atoms with Crippen molar-refractivity contribution in [3.8, 4) is 5.75 Å². The molecule has 0 aliphatic heterocycles. The Balaban J connectivity index is 2.74. The SMILES string of the molecule is COc1ccccc1CC(CNC(=O)C(C)(C)CC(C)C)C(=O)O. The maximum absolute atomic E-state index is 12.4. The van der Waals surface area contributed by atoms with E-state index in [0.717, 1.165) is 12.0 Å². The van der Waals surface area contributed by atoms with Gasteiger partial charge in [-0.25, -0.2) is 0 Å². The van der Waals surface area contributed by atoms with Crippen molar-refractivity contribution in [1.29, 1.82) is 0 Å². The van der Waals surface area contributed by atoms with Crippen LogP contribution in [0.1, 0.15) is 39.7 Å². The minimum atomic E-state index is -0.928. The minimum absolute atomic E-state index is 0.105. The Morgan fingerprint density at radius 3 is 2.42 bits per heavy atom. The van der Waals surface area contributed by atoms with E-state index in [1.165, 1.54) is 0 Å². The van der Waals surface area contributed by atoms with Crippen molar-refractivity contribution >= 4 is 11.9 Å². The predicted molar refractivity (Wildman–Crippen MR) is 94.1 cm³/mol. The van der Waals surface area contributed by atoms with Crippen LogP contribution in [-0.4, -0.2) is 30.6 Å². The van der Waals surface area contributed by atoms with E-state index in [1.807, 2.05) is 32.0 Å². The molecule has 0 aliphatic carbocycles. The summed E-state index contributed by atoms with van der Waals surface area (Å²) in [5, 5.41) is 12.3. The van der Waals surface area contributed by atoms with Gasteiger partial charge in [0, 0.05) is 12.0 Å². The molecule has 5 heteroatoms. The van der Waals surface area contributed by atoms with Gasteiger partial charge in [-0.2, -0.15) is 0 Å². The fourth-order valence-electron chi connectivity index (χ4n) is 2.95. The number of carboxylic acid groups (broad SMARTS) is 1. The third-order valence-corrected chi connectivity index (χ3v) is 4.05. The monoisotopic (exact) mass is 335 g/mol. The van der Waals surface area contributed by atoms with Crippen molar-refractivity contribution in [2.45, 2.75) is 40.5 Å². The second-order valence-corrected chi connectivity index (χ2v) is 7.24. The number of methoxy groups -OCH3 is 1. The van der Waals surface area contributed by atoms with E-state index < -0.39 is 17.3 Å². The zero-order valence-electron chi connectivity index (χ0n) is 15.3. The Morgan fingerprint density at radius 1 is 1.25 bits per heavy atom. The van der Waals surface area contributed by atoms with Gasteiger partial charge in [-0.15, -0.1) is 0 Å². The summed E-state index contributed by atoms with van der Waals surface area (Å²) in [6.45, 7) is 8.01. The molecule has 2 N–H and O–H groups in total. The lowest BCUT2D eigenvalue weighted by atomic mass is 9.83. The molecule has 1 atom stereocenters. The number of hydrogen-bond acceptors (Lipinski definition) is 3. The quantitative estimate of drug-likeness (QED) is 0.727. The van der Waals surface area contributed by atoms with Crippen LogP contribution >= 0.6 is 0 Å². The number of carboxylic acids is 1. The number of ether oxygens (including phenoxy) is 1. The summed E-state index contributed by atoms with van der Waals surface area (Å²) in [5.41, 5.74) is 0.310. The summed E-state index contributed by atoms with van der Waals surface area (Å²) in [7, 11) is 1.56. The third-order valence-electron chi connectivity index (χ3n) is 4.05. The second kappa shape index (κ2) is 8.71. The van der Waals surface area contributed by atoms with Crippen LogP contribution in [0.5, 0.6) is 5.75 Å². The minimum Gasteiger partial charge on any atom is -0.496 e. The van der Waals surface area contributed by atoms with Gasteiger partial charge in [0.15, 0.2) is 0 Å². The lowest BCUT2D eigenvalue weighted by Crippen LogP contribution is -2.41. The van der Waals surface area contributed by atoms with Crippen molar-refractivity contribution < 1.29 is 19.4 Å². The number of hydrogen-bond donors (Lipinski definition) is 2.